The molecule has 0 aromatic heterocycles. The van der Waals surface area contributed by atoms with Gasteiger partial charge < -0.3 is 9.84 Å². The van der Waals surface area contributed by atoms with Crippen LogP contribution >= 0.6 is 0 Å². The van der Waals surface area contributed by atoms with Crippen molar-refractivity contribution in [3.8, 4) is 0 Å². The normalized spacial score (nSPS) is 48.8. The Morgan fingerprint density at radius 3 is 2.72 bits per heavy atom. The fourth-order valence-electron chi connectivity index (χ4n) is 7.01. The SMILES string of the molecule is CCC(=O)O[C@@H]1C=C2CC[C@H]3[C@@H]4CC[C@H](O)[C@@]4(C)CC[C@@H]3[C@@]2(C)CC1. The molecule has 4 aliphatic rings. The van der Waals surface area contributed by atoms with Crippen molar-refractivity contribution in [3.05, 3.63) is 11.6 Å². The standard InChI is InChI=1S/C22H34O3/c1-4-20(24)25-15-9-11-21(2)14(13-15)5-6-16-17-7-8-19(23)22(17,3)12-10-18(16)21/h13,15-19,23H,4-12H2,1-3H3/t15-,16-,17-,18-,19-,21-,22-/m0/s1. The monoisotopic (exact) mass is 346 g/mol. The quantitative estimate of drug-likeness (QED) is 0.585. The first-order chi connectivity index (χ1) is 11.9. The van der Waals surface area contributed by atoms with E-state index in [4.69, 9.17) is 4.74 Å². The largest absolute Gasteiger partial charge is 0.458 e. The smallest absolute Gasteiger partial charge is 0.306 e. The van der Waals surface area contributed by atoms with Gasteiger partial charge >= 0.3 is 5.97 Å². The Hall–Kier alpha value is -0.830. The number of carbonyl (C=O) groups is 1. The lowest BCUT2D eigenvalue weighted by Crippen LogP contribution is -2.51. The summed E-state index contributed by atoms with van der Waals surface area (Å²) in [5.74, 6) is 2.15. The molecule has 25 heavy (non-hydrogen) atoms. The maximum atomic E-state index is 11.7. The molecule has 0 spiro atoms. The average Bonchev–Trinajstić information content (AvgIpc) is 2.90. The van der Waals surface area contributed by atoms with Crippen LogP contribution in [0.15, 0.2) is 11.6 Å². The van der Waals surface area contributed by atoms with Gasteiger partial charge in [0, 0.05) is 6.42 Å². The van der Waals surface area contributed by atoms with E-state index in [1.54, 1.807) is 5.57 Å². The molecule has 7 atom stereocenters. The van der Waals surface area contributed by atoms with Crippen LogP contribution in [0.4, 0.5) is 0 Å². The summed E-state index contributed by atoms with van der Waals surface area (Å²) in [6, 6.07) is 0. The molecule has 3 saturated carbocycles. The number of esters is 1. The Labute approximate surface area is 152 Å². The van der Waals surface area contributed by atoms with Crippen LogP contribution in [0, 0.1) is 28.6 Å². The molecule has 0 heterocycles. The fourth-order valence-corrected chi connectivity index (χ4v) is 7.01. The summed E-state index contributed by atoms with van der Waals surface area (Å²) in [6.07, 6.45) is 11.8. The predicted octanol–water partition coefficient (Wildman–Crippen LogP) is 4.63. The Kier molecular flexibility index (Phi) is 4.30. The molecule has 3 fully saturated rings. The minimum absolute atomic E-state index is 0.00534. The third-order valence-corrected chi connectivity index (χ3v) is 8.59. The average molecular weight is 347 g/mol. The molecule has 0 bridgehead atoms. The number of carbonyl (C=O) groups excluding carboxylic acids is 1. The Morgan fingerprint density at radius 2 is 1.96 bits per heavy atom. The van der Waals surface area contributed by atoms with E-state index in [1.807, 2.05) is 6.92 Å². The zero-order valence-corrected chi connectivity index (χ0v) is 16.1. The highest BCUT2D eigenvalue weighted by Gasteiger charge is 2.58. The predicted molar refractivity (Wildman–Crippen MR) is 97.9 cm³/mol. The van der Waals surface area contributed by atoms with Gasteiger partial charge in [-0.3, -0.25) is 4.79 Å². The molecule has 0 unspecified atom stereocenters. The highest BCUT2D eigenvalue weighted by atomic mass is 16.5. The molecule has 0 saturated heterocycles. The van der Waals surface area contributed by atoms with Crippen molar-refractivity contribution in [1.29, 1.82) is 0 Å². The van der Waals surface area contributed by atoms with Crippen molar-refractivity contribution < 1.29 is 14.6 Å². The fraction of sp³-hybridized carbons (Fsp3) is 0.864. The van der Waals surface area contributed by atoms with Crippen molar-refractivity contribution in [2.45, 2.75) is 90.8 Å². The first-order valence-electron chi connectivity index (χ1n) is 10.5. The molecule has 3 heteroatoms. The molecule has 4 rings (SSSR count). The second-order valence-corrected chi connectivity index (χ2v) is 9.58. The number of hydrogen-bond donors (Lipinski definition) is 1. The molecule has 0 amide bonds. The first kappa shape index (κ1) is 17.6. The van der Waals surface area contributed by atoms with Gasteiger partial charge in [0.15, 0.2) is 0 Å². The lowest BCUT2D eigenvalue weighted by molar-refractivity contribution is -0.148. The Bertz CT molecular complexity index is 582. The lowest BCUT2D eigenvalue weighted by Gasteiger charge is -2.58. The van der Waals surface area contributed by atoms with Crippen LogP contribution in [0.1, 0.15) is 78.6 Å². The van der Waals surface area contributed by atoms with Crippen molar-refractivity contribution in [2.24, 2.45) is 28.6 Å². The van der Waals surface area contributed by atoms with Gasteiger partial charge in [0.25, 0.3) is 0 Å². The van der Waals surface area contributed by atoms with E-state index in [9.17, 15) is 9.90 Å². The Morgan fingerprint density at radius 1 is 1.16 bits per heavy atom. The summed E-state index contributed by atoms with van der Waals surface area (Å²) in [5.41, 5.74) is 2.00. The number of aliphatic hydroxyl groups is 1. The van der Waals surface area contributed by atoms with Gasteiger partial charge in [0.1, 0.15) is 6.10 Å². The van der Waals surface area contributed by atoms with Crippen LogP contribution in [0.2, 0.25) is 0 Å². The third-order valence-electron chi connectivity index (χ3n) is 8.59. The second kappa shape index (κ2) is 6.11. The van der Waals surface area contributed by atoms with Crippen LogP contribution in [-0.2, 0) is 9.53 Å². The van der Waals surface area contributed by atoms with Crippen LogP contribution in [0.25, 0.3) is 0 Å². The van der Waals surface area contributed by atoms with Crippen LogP contribution < -0.4 is 0 Å². The van der Waals surface area contributed by atoms with Crippen LogP contribution in [-0.4, -0.2) is 23.3 Å². The molecule has 0 aliphatic heterocycles. The Balaban J connectivity index is 1.57. The minimum atomic E-state index is -0.0904. The molecule has 1 N–H and O–H groups in total. The van der Waals surface area contributed by atoms with E-state index < -0.39 is 0 Å². The zero-order valence-electron chi connectivity index (χ0n) is 16.1. The third kappa shape index (κ3) is 2.60. The van der Waals surface area contributed by atoms with Gasteiger partial charge in [-0.25, -0.2) is 0 Å². The summed E-state index contributed by atoms with van der Waals surface area (Å²) >= 11 is 0. The topological polar surface area (TPSA) is 46.5 Å². The molecule has 0 radical (unpaired) electrons. The number of fused-ring (bicyclic) bond motifs is 5. The van der Waals surface area contributed by atoms with E-state index in [1.165, 1.54) is 25.7 Å². The summed E-state index contributed by atoms with van der Waals surface area (Å²) in [7, 11) is 0. The van der Waals surface area contributed by atoms with Crippen molar-refractivity contribution in [1.82, 2.24) is 0 Å². The van der Waals surface area contributed by atoms with Crippen molar-refractivity contribution >= 4 is 5.97 Å². The molecule has 0 aromatic carbocycles. The van der Waals surface area contributed by atoms with Gasteiger partial charge in [-0.15, -0.1) is 0 Å². The number of hydrogen-bond acceptors (Lipinski definition) is 3. The van der Waals surface area contributed by atoms with E-state index >= 15 is 0 Å². The van der Waals surface area contributed by atoms with Gasteiger partial charge in [-0.1, -0.05) is 26.3 Å². The van der Waals surface area contributed by atoms with Crippen LogP contribution in [0.3, 0.4) is 0 Å². The van der Waals surface area contributed by atoms with E-state index in [0.29, 0.717) is 12.3 Å². The lowest BCUT2D eigenvalue weighted by atomic mass is 9.47. The first-order valence-corrected chi connectivity index (χ1v) is 10.5. The second-order valence-electron chi connectivity index (χ2n) is 9.58. The van der Waals surface area contributed by atoms with Crippen molar-refractivity contribution in [2.75, 3.05) is 0 Å². The maximum absolute atomic E-state index is 11.7. The molecule has 3 nitrogen and oxygen atoms in total. The summed E-state index contributed by atoms with van der Waals surface area (Å²) in [6.45, 7) is 6.69. The highest BCUT2D eigenvalue weighted by molar-refractivity contribution is 5.69. The summed E-state index contributed by atoms with van der Waals surface area (Å²) < 4.78 is 5.62. The molecule has 140 valence electrons. The molecular weight excluding hydrogens is 312 g/mol. The van der Waals surface area contributed by atoms with Crippen molar-refractivity contribution in [3.63, 3.8) is 0 Å². The van der Waals surface area contributed by atoms with Gasteiger partial charge in [-0.2, -0.15) is 0 Å². The molecule has 0 aromatic rings. The summed E-state index contributed by atoms with van der Waals surface area (Å²) in [4.78, 5) is 11.7. The highest BCUT2D eigenvalue weighted by Crippen LogP contribution is 2.65. The van der Waals surface area contributed by atoms with Gasteiger partial charge in [-0.05, 0) is 86.0 Å². The number of ether oxygens (including phenoxy) is 1. The van der Waals surface area contributed by atoms with E-state index in [2.05, 4.69) is 19.9 Å². The summed E-state index contributed by atoms with van der Waals surface area (Å²) in [5, 5.41) is 10.6. The molecule has 4 aliphatic carbocycles. The number of allylic oxidation sites excluding steroid dienone is 1. The van der Waals surface area contributed by atoms with Gasteiger partial charge in [0.2, 0.25) is 0 Å². The number of rotatable bonds is 2. The van der Waals surface area contributed by atoms with Gasteiger partial charge in [0.05, 0.1) is 6.10 Å². The van der Waals surface area contributed by atoms with E-state index in [-0.39, 0.29) is 29.0 Å². The minimum Gasteiger partial charge on any atom is -0.458 e. The molecular formula is C22H34O3. The van der Waals surface area contributed by atoms with Crippen LogP contribution in [0.5, 0.6) is 0 Å². The maximum Gasteiger partial charge on any atom is 0.306 e. The zero-order chi connectivity index (χ0) is 17.8. The number of aliphatic hydroxyl groups excluding tert-OH is 1. The van der Waals surface area contributed by atoms with E-state index in [0.717, 1.165) is 37.5 Å².